The first kappa shape index (κ1) is 13.5. The van der Waals surface area contributed by atoms with Crippen molar-refractivity contribution in [2.24, 2.45) is 0 Å². The van der Waals surface area contributed by atoms with Crippen molar-refractivity contribution in [2.45, 2.75) is 19.4 Å². The van der Waals surface area contributed by atoms with Crippen LogP contribution >= 0.6 is 23.7 Å². The maximum Gasteiger partial charge on any atom is 0.227 e. The lowest BCUT2D eigenvalue weighted by atomic mass is 10.2. The van der Waals surface area contributed by atoms with Crippen molar-refractivity contribution in [3.05, 3.63) is 22.4 Å². The molecule has 90 valence electrons. The summed E-state index contributed by atoms with van der Waals surface area (Å²) < 4.78 is 0. The lowest BCUT2D eigenvalue weighted by Crippen LogP contribution is -2.51. The molecule has 1 atom stereocenters. The van der Waals surface area contributed by atoms with Gasteiger partial charge in [-0.2, -0.15) is 11.3 Å². The summed E-state index contributed by atoms with van der Waals surface area (Å²) in [5, 5.41) is 7.40. The van der Waals surface area contributed by atoms with E-state index in [1.807, 2.05) is 21.7 Å². The van der Waals surface area contributed by atoms with E-state index in [0.717, 1.165) is 25.2 Å². The number of nitrogens with one attached hydrogen (secondary N) is 1. The number of hydrogen-bond donors (Lipinski definition) is 1. The molecular weight excluding hydrogens is 244 g/mol. The first-order valence-corrected chi connectivity index (χ1v) is 6.22. The number of rotatable bonds is 2. The van der Waals surface area contributed by atoms with Crippen molar-refractivity contribution in [1.29, 1.82) is 0 Å². The molecule has 1 amide bonds. The van der Waals surface area contributed by atoms with Gasteiger partial charge in [0.25, 0.3) is 0 Å². The minimum atomic E-state index is 0. The van der Waals surface area contributed by atoms with Gasteiger partial charge in [-0.05, 0) is 29.3 Å². The molecule has 0 spiro atoms. The number of hydrogen-bond acceptors (Lipinski definition) is 3. The fraction of sp³-hybridized carbons (Fsp3) is 0.545. The highest BCUT2D eigenvalue weighted by Gasteiger charge is 2.20. The van der Waals surface area contributed by atoms with E-state index in [2.05, 4.69) is 12.2 Å². The van der Waals surface area contributed by atoms with Crippen LogP contribution in [0.1, 0.15) is 12.5 Å². The molecule has 1 aliphatic rings. The van der Waals surface area contributed by atoms with Crippen LogP contribution in [0.5, 0.6) is 0 Å². The topological polar surface area (TPSA) is 32.3 Å². The molecule has 0 aliphatic carbocycles. The van der Waals surface area contributed by atoms with Gasteiger partial charge in [0, 0.05) is 25.7 Å². The zero-order chi connectivity index (χ0) is 10.7. The summed E-state index contributed by atoms with van der Waals surface area (Å²) >= 11 is 1.65. The van der Waals surface area contributed by atoms with Crippen molar-refractivity contribution < 1.29 is 4.79 Å². The third kappa shape index (κ3) is 3.47. The maximum absolute atomic E-state index is 11.9. The molecule has 0 radical (unpaired) electrons. The molecule has 0 aromatic carbocycles. The van der Waals surface area contributed by atoms with Gasteiger partial charge in [-0.3, -0.25) is 4.79 Å². The number of carbonyl (C=O) groups excluding carboxylic acids is 1. The Morgan fingerprint density at radius 1 is 1.69 bits per heavy atom. The second kappa shape index (κ2) is 6.23. The van der Waals surface area contributed by atoms with Crippen molar-refractivity contribution in [2.75, 3.05) is 19.6 Å². The van der Waals surface area contributed by atoms with Crippen LogP contribution in [0.4, 0.5) is 0 Å². The lowest BCUT2D eigenvalue weighted by Gasteiger charge is -2.31. The van der Waals surface area contributed by atoms with Crippen molar-refractivity contribution in [3.8, 4) is 0 Å². The third-order valence-electron chi connectivity index (χ3n) is 2.66. The lowest BCUT2D eigenvalue weighted by molar-refractivity contribution is -0.131. The van der Waals surface area contributed by atoms with E-state index < -0.39 is 0 Å². The smallest absolute Gasteiger partial charge is 0.227 e. The normalized spacial score (nSPS) is 20.3. The number of carbonyl (C=O) groups is 1. The molecule has 1 aliphatic heterocycles. The molecule has 3 nitrogen and oxygen atoms in total. The van der Waals surface area contributed by atoms with Gasteiger partial charge in [0.05, 0.1) is 6.42 Å². The van der Waals surface area contributed by atoms with Gasteiger partial charge < -0.3 is 10.2 Å². The molecule has 5 heteroatoms. The van der Waals surface area contributed by atoms with Crippen LogP contribution in [0, 0.1) is 0 Å². The highest BCUT2D eigenvalue weighted by molar-refractivity contribution is 7.07. The molecule has 0 saturated carbocycles. The zero-order valence-corrected chi connectivity index (χ0v) is 10.9. The Morgan fingerprint density at radius 3 is 3.12 bits per heavy atom. The molecular formula is C11H17ClN2OS. The van der Waals surface area contributed by atoms with Crippen LogP contribution in [-0.4, -0.2) is 36.5 Å². The van der Waals surface area contributed by atoms with Crippen LogP contribution in [0.25, 0.3) is 0 Å². The monoisotopic (exact) mass is 260 g/mol. The second-order valence-corrected chi connectivity index (χ2v) is 4.78. The molecule has 2 rings (SSSR count). The minimum absolute atomic E-state index is 0. The Bertz CT molecular complexity index is 329. The average molecular weight is 261 g/mol. The summed E-state index contributed by atoms with van der Waals surface area (Å²) in [6.45, 7) is 4.71. The Labute approximate surface area is 106 Å². The number of amides is 1. The first-order valence-electron chi connectivity index (χ1n) is 5.28. The number of halogens is 1. The van der Waals surface area contributed by atoms with Crippen LogP contribution in [0.3, 0.4) is 0 Å². The van der Waals surface area contributed by atoms with Crippen molar-refractivity contribution in [1.82, 2.24) is 10.2 Å². The molecule has 1 aromatic heterocycles. The summed E-state index contributed by atoms with van der Waals surface area (Å²) in [7, 11) is 0. The second-order valence-electron chi connectivity index (χ2n) is 4.00. The van der Waals surface area contributed by atoms with E-state index >= 15 is 0 Å². The van der Waals surface area contributed by atoms with Gasteiger partial charge in [-0.1, -0.05) is 0 Å². The van der Waals surface area contributed by atoms with Crippen molar-refractivity contribution >= 4 is 29.7 Å². The number of nitrogens with zero attached hydrogens (tertiary/aromatic N) is 1. The maximum atomic E-state index is 11.9. The molecule has 1 saturated heterocycles. The van der Waals surface area contributed by atoms with E-state index in [4.69, 9.17) is 0 Å². The highest BCUT2D eigenvalue weighted by atomic mass is 35.5. The molecule has 0 unspecified atom stereocenters. The Kier molecular flexibility index (Phi) is 5.25. The SMILES string of the molecule is C[C@@H]1CN(C(=O)Cc2ccsc2)CCN1.Cl. The predicted molar refractivity (Wildman–Crippen MR) is 69.3 cm³/mol. The van der Waals surface area contributed by atoms with Crippen LogP contribution in [-0.2, 0) is 11.2 Å². The van der Waals surface area contributed by atoms with Gasteiger partial charge in [0.2, 0.25) is 5.91 Å². The van der Waals surface area contributed by atoms with Crippen LogP contribution in [0.2, 0.25) is 0 Å². The third-order valence-corrected chi connectivity index (χ3v) is 3.39. The average Bonchev–Trinajstić information content (AvgIpc) is 2.70. The number of piperazine rings is 1. The van der Waals surface area contributed by atoms with E-state index in [0.29, 0.717) is 12.5 Å². The summed E-state index contributed by atoms with van der Waals surface area (Å²) in [5.74, 6) is 0.252. The molecule has 0 bridgehead atoms. The Balaban J connectivity index is 0.00000128. The standard InChI is InChI=1S/C11H16N2OS.ClH/c1-9-7-13(4-3-12-9)11(14)6-10-2-5-15-8-10;/h2,5,8-9,12H,3-4,6-7H2,1H3;1H/t9-;/m1./s1. The quantitative estimate of drug-likeness (QED) is 0.875. The van der Waals surface area contributed by atoms with Crippen molar-refractivity contribution in [3.63, 3.8) is 0 Å². The molecule has 1 N–H and O–H groups in total. The van der Waals surface area contributed by atoms with Crippen LogP contribution < -0.4 is 5.32 Å². The molecule has 2 heterocycles. The number of thiophene rings is 1. The van der Waals surface area contributed by atoms with Gasteiger partial charge in [0.15, 0.2) is 0 Å². The first-order chi connectivity index (χ1) is 7.25. The summed E-state index contributed by atoms with van der Waals surface area (Å²) in [5.41, 5.74) is 1.14. The van der Waals surface area contributed by atoms with E-state index in [9.17, 15) is 4.79 Å². The molecule has 16 heavy (non-hydrogen) atoms. The molecule has 1 aromatic rings. The summed E-state index contributed by atoms with van der Waals surface area (Å²) in [4.78, 5) is 13.9. The highest BCUT2D eigenvalue weighted by Crippen LogP contribution is 2.09. The Morgan fingerprint density at radius 2 is 2.50 bits per heavy atom. The predicted octanol–water partition coefficient (Wildman–Crippen LogP) is 1.53. The van der Waals surface area contributed by atoms with E-state index in [1.165, 1.54) is 0 Å². The fourth-order valence-electron chi connectivity index (χ4n) is 1.84. The van der Waals surface area contributed by atoms with Gasteiger partial charge in [-0.25, -0.2) is 0 Å². The fourth-order valence-corrected chi connectivity index (χ4v) is 2.51. The zero-order valence-electron chi connectivity index (χ0n) is 9.31. The summed E-state index contributed by atoms with van der Waals surface area (Å²) in [6, 6.07) is 2.44. The van der Waals surface area contributed by atoms with E-state index in [-0.39, 0.29) is 18.3 Å². The summed E-state index contributed by atoms with van der Waals surface area (Å²) in [6.07, 6.45) is 0.552. The minimum Gasteiger partial charge on any atom is -0.340 e. The molecule has 1 fully saturated rings. The van der Waals surface area contributed by atoms with Crippen LogP contribution in [0.15, 0.2) is 16.8 Å². The van der Waals surface area contributed by atoms with Gasteiger partial charge >= 0.3 is 0 Å². The van der Waals surface area contributed by atoms with E-state index in [1.54, 1.807) is 11.3 Å². The van der Waals surface area contributed by atoms with Gasteiger partial charge in [-0.15, -0.1) is 12.4 Å². The van der Waals surface area contributed by atoms with Gasteiger partial charge in [0.1, 0.15) is 0 Å². The Hall–Kier alpha value is -0.580. The largest absolute Gasteiger partial charge is 0.340 e.